The van der Waals surface area contributed by atoms with Gasteiger partial charge in [0.25, 0.3) is 5.91 Å². The predicted molar refractivity (Wildman–Crippen MR) is 57.2 cm³/mol. The molecule has 5 heteroatoms. The number of ether oxygens (including phenoxy) is 1. The Balaban J connectivity index is 2.04. The molecule has 1 aromatic carbocycles. The molecule has 0 radical (unpaired) electrons. The van der Waals surface area contributed by atoms with Crippen molar-refractivity contribution in [3.8, 4) is 5.75 Å². The highest BCUT2D eigenvalue weighted by Crippen LogP contribution is 2.35. The van der Waals surface area contributed by atoms with Gasteiger partial charge < -0.3 is 4.74 Å². The van der Waals surface area contributed by atoms with E-state index in [9.17, 15) is 4.79 Å². The minimum atomic E-state index is -0.309. The van der Waals surface area contributed by atoms with Crippen molar-refractivity contribution in [3.05, 3.63) is 28.8 Å². The molecule has 1 amide bonds. The molecule has 2 aliphatic heterocycles. The van der Waals surface area contributed by atoms with Crippen molar-refractivity contribution < 1.29 is 14.4 Å². The van der Waals surface area contributed by atoms with Gasteiger partial charge in [0.15, 0.2) is 0 Å². The maximum Gasteiger partial charge on any atom is 0.284 e. The molecule has 0 aromatic heterocycles. The van der Waals surface area contributed by atoms with Gasteiger partial charge in [-0.25, -0.2) is 0 Å². The highest BCUT2D eigenvalue weighted by molar-refractivity contribution is 6.31. The van der Waals surface area contributed by atoms with E-state index in [1.165, 1.54) is 5.06 Å². The van der Waals surface area contributed by atoms with Gasteiger partial charge in [-0.2, -0.15) is 5.06 Å². The van der Waals surface area contributed by atoms with E-state index in [4.69, 9.17) is 21.2 Å². The lowest BCUT2D eigenvalue weighted by molar-refractivity contribution is -0.158. The lowest BCUT2D eigenvalue weighted by atomic mass is 10.1. The summed E-state index contributed by atoms with van der Waals surface area (Å²) in [4.78, 5) is 17.4. The Morgan fingerprint density at radius 2 is 2.31 bits per heavy atom. The number of nitrogens with zero attached hydrogens (tertiary/aromatic N) is 1. The monoisotopic (exact) mass is 239 g/mol. The normalized spacial score (nSPS) is 27.4. The van der Waals surface area contributed by atoms with E-state index in [1.54, 1.807) is 18.2 Å². The van der Waals surface area contributed by atoms with E-state index in [1.807, 2.05) is 6.92 Å². The zero-order valence-corrected chi connectivity index (χ0v) is 9.40. The second-order valence-electron chi connectivity index (χ2n) is 4.00. The molecule has 0 N–H and O–H groups in total. The summed E-state index contributed by atoms with van der Waals surface area (Å²) >= 11 is 5.85. The molecule has 0 bridgehead atoms. The Hall–Kier alpha value is -1.26. The topological polar surface area (TPSA) is 38.8 Å². The van der Waals surface area contributed by atoms with Gasteiger partial charge in [-0.05, 0) is 25.1 Å². The van der Waals surface area contributed by atoms with Crippen LogP contribution in [0.15, 0.2) is 18.2 Å². The fourth-order valence-electron chi connectivity index (χ4n) is 2.00. The van der Waals surface area contributed by atoms with Crippen LogP contribution >= 0.6 is 11.6 Å². The Morgan fingerprint density at radius 3 is 3.12 bits per heavy atom. The fraction of sp³-hybridized carbons (Fsp3) is 0.364. The molecule has 0 saturated carbocycles. The van der Waals surface area contributed by atoms with E-state index < -0.39 is 0 Å². The Labute approximate surface area is 97.7 Å². The lowest BCUT2D eigenvalue weighted by Gasteiger charge is -2.29. The summed E-state index contributed by atoms with van der Waals surface area (Å²) in [5.74, 6) is 0.395. The van der Waals surface area contributed by atoms with Crippen LogP contribution in [0.5, 0.6) is 5.75 Å². The molecule has 1 fully saturated rings. The smallest absolute Gasteiger partial charge is 0.284 e. The second-order valence-corrected chi connectivity index (χ2v) is 4.43. The summed E-state index contributed by atoms with van der Waals surface area (Å²) in [5, 5.41) is 1.81. The molecule has 4 nitrogen and oxygen atoms in total. The third-order valence-electron chi connectivity index (χ3n) is 2.72. The molecule has 3 rings (SSSR count). The van der Waals surface area contributed by atoms with Crippen molar-refractivity contribution >= 4 is 17.5 Å². The highest BCUT2D eigenvalue weighted by atomic mass is 35.5. The van der Waals surface area contributed by atoms with Gasteiger partial charge in [-0.15, -0.1) is 0 Å². The van der Waals surface area contributed by atoms with Crippen LogP contribution in [0.3, 0.4) is 0 Å². The van der Waals surface area contributed by atoms with E-state index in [-0.39, 0.29) is 18.2 Å². The molecule has 0 aliphatic carbocycles. The molecular formula is C11H10ClNO3. The molecule has 2 atom stereocenters. The summed E-state index contributed by atoms with van der Waals surface area (Å²) in [6, 6.07) is 5.03. The van der Waals surface area contributed by atoms with Gasteiger partial charge in [0, 0.05) is 11.4 Å². The number of hydrogen-bond donors (Lipinski definition) is 0. The van der Waals surface area contributed by atoms with Crippen molar-refractivity contribution in [2.75, 3.05) is 0 Å². The average molecular weight is 240 g/mol. The quantitative estimate of drug-likeness (QED) is 0.697. The zero-order valence-electron chi connectivity index (χ0n) is 8.64. The molecule has 1 aromatic rings. The van der Waals surface area contributed by atoms with Crippen molar-refractivity contribution in [1.29, 1.82) is 0 Å². The molecule has 1 saturated heterocycles. The van der Waals surface area contributed by atoms with Crippen LogP contribution in [-0.2, 0) is 4.84 Å². The first-order valence-corrected chi connectivity index (χ1v) is 5.49. The fourth-order valence-corrected chi connectivity index (χ4v) is 2.17. The first-order valence-electron chi connectivity index (χ1n) is 5.11. The third kappa shape index (κ3) is 1.37. The maximum atomic E-state index is 12.1. The minimum Gasteiger partial charge on any atom is -0.467 e. The number of carbonyl (C=O) groups is 1. The van der Waals surface area contributed by atoms with E-state index in [0.29, 0.717) is 22.8 Å². The largest absolute Gasteiger partial charge is 0.467 e. The Kier molecular flexibility index (Phi) is 2.09. The second kappa shape index (κ2) is 3.37. The van der Waals surface area contributed by atoms with Crippen LogP contribution in [0.25, 0.3) is 0 Å². The van der Waals surface area contributed by atoms with Crippen molar-refractivity contribution in [2.45, 2.75) is 25.7 Å². The van der Waals surface area contributed by atoms with Gasteiger partial charge in [0.05, 0.1) is 11.7 Å². The molecule has 2 heterocycles. The number of amides is 1. The minimum absolute atomic E-state index is 0.00117. The van der Waals surface area contributed by atoms with E-state index in [0.717, 1.165) is 0 Å². The third-order valence-corrected chi connectivity index (χ3v) is 2.96. The molecule has 84 valence electrons. The molecule has 0 spiro atoms. The van der Waals surface area contributed by atoms with Gasteiger partial charge in [0.1, 0.15) is 5.75 Å². The van der Waals surface area contributed by atoms with Gasteiger partial charge in [-0.1, -0.05) is 11.6 Å². The summed E-state index contributed by atoms with van der Waals surface area (Å²) in [6.45, 7) is 1.91. The summed E-state index contributed by atoms with van der Waals surface area (Å²) < 4.78 is 5.67. The number of halogens is 1. The van der Waals surface area contributed by atoms with Crippen LogP contribution in [0, 0.1) is 0 Å². The molecule has 0 unspecified atom stereocenters. The summed E-state index contributed by atoms with van der Waals surface area (Å²) in [5.41, 5.74) is 0.456. The van der Waals surface area contributed by atoms with E-state index in [2.05, 4.69) is 0 Å². The van der Waals surface area contributed by atoms with Crippen LogP contribution in [0.1, 0.15) is 23.7 Å². The zero-order chi connectivity index (χ0) is 11.3. The van der Waals surface area contributed by atoms with Gasteiger partial charge in [-0.3, -0.25) is 9.63 Å². The predicted octanol–water partition coefficient (Wildman–Crippen LogP) is 2.22. The maximum absolute atomic E-state index is 12.1. The Bertz CT molecular complexity index is 463. The van der Waals surface area contributed by atoms with Crippen LogP contribution in [-0.4, -0.2) is 23.3 Å². The van der Waals surface area contributed by atoms with Crippen LogP contribution < -0.4 is 4.74 Å². The van der Waals surface area contributed by atoms with Crippen LogP contribution in [0.4, 0.5) is 0 Å². The SMILES string of the molecule is C[C@H]1C[C@@H]2Oc3ccc(Cl)cc3C(=O)N2O1. The number of fused-ring (bicyclic) bond motifs is 2. The first kappa shape index (κ1) is 9.93. The van der Waals surface area contributed by atoms with Gasteiger partial charge >= 0.3 is 0 Å². The number of hydrogen-bond acceptors (Lipinski definition) is 3. The Morgan fingerprint density at radius 1 is 1.50 bits per heavy atom. The van der Waals surface area contributed by atoms with E-state index >= 15 is 0 Å². The number of carbonyl (C=O) groups excluding carboxylic acids is 1. The number of rotatable bonds is 0. The summed E-state index contributed by atoms with van der Waals surface area (Å²) in [7, 11) is 0. The van der Waals surface area contributed by atoms with Crippen molar-refractivity contribution in [2.24, 2.45) is 0 Å². The number of benzene rings is 1. The van der Waals surface area contributed by atoms with Crippen molar-refractivity contribution in [1.82, 2.24) is 5.06 Å². The summed E-state index contributed by atoms with van der Waals surface area (Å²) in [6.07, 6.45) is 0.378. The number of hydroxylamine groups is 2. The van der Waals surface area contributed by atoms with Crippen molar-refractivity contribution in [3.63, 3.8) is 0 Å². The van der Waals surface area contributed by atoms with Crippen LogP contribution in [0.2, 0.25) is 5.02 Å². The average Bonchev–Trinajstić information content (AvgIpc) is 2.61. The molecule has 2 aliphatic rings. The first-order chi connectivity index (χ1) is 7.65. The molecular weight excluding hydrogens is 230 g/mol. The standard InChI is InChI=1S/C11H10ClNO3/c1-6-4-10-13(16-6)11(14)8-5-7(12)2-3-9(8)15-10/h2-3,5-6,10H,4H2,1H3/t6-,10-/m0/s1. The molecule has 16 heavy (non-hydrogen) atoms. The highest BCUT2D eigenvalue weighted by Gasteiger charge is 2.41. The van der Waals surface area contributed by atoms with Gasteiger partial charge in [0.2, 0.25) is 6.23 Å². The lowest BCUT2D eigenvalue weighted by Crippen LogP contribution is -2.42.